The van der Waals surface area contributed by atoms with Crippen LogP contribution < -0.4 is 5.32 Å². The minimum atomic E-state index is -0.972. The van der Waals surface area contributed by atoms with Crippen LogP contribution in [0.4, 0.5) is 4.79 Å². The van der Waals surface area contributed by atoms with Crippen molar-refractivity contribution in [3.8, 4) is 6.07 Å². The standard InChI is InChI=1S/C21H29N3O5/c1-3-16(2)19(29-21(26)24-9-11-27-12-10-24)20(25)23-18(13-22)15-28-14-17-7-5-4-6-8-17/h4-8,16,18-19H,3,9-12,14-15H2,1-2H3,(H,23,25). The quantitative estimate of drug-likeness (QED) is 0.678. The summed E-state index contributed by atoms with van der Waals surface area (Å²) in [5.41, 5.74) is 0.979. The highest BCUT2D eigenvalue weighted by Crippen LogP contribution is 2.15. The van der Waals surface area contributed by atoms with Crippen LogP contribution in [0.15, 0.2) is 30.3 Å². The molecule has 1 saturated heterocycles. The molecule has 1 N–H and O–H groups in total. The topological polar surface area (TPSA) is 101 Å². The van der Waals surface area contributed by atoms with E-state index in [1.807, 2.05) is 50.2 Å². The van der Waals surface area contributed by atoms with E-state index in [9.17, 15) is 14.9 Å². The Balaban J connectivity index is 1.89. The van der Waals surface area contributed by atoms with Gasteiger partial charge in [0.05, 0.1) is 32.5 Å². The molecule has 2 amide bonds. The number of benzene rings is 1. The van der Waals surface area contributed by atoms with Crippen LogP contribution in [0.5, 0.6) is 0 Å². The zero-order valence-corrected chi connectivity index (χ0v) is 17.0. The number of amides is 2. The number of ether oxygens (including phenoxy) is 3. The van der Waals surface area contributed by atoms with Crippen LogP contribution in [0, 0.1) is 17.2 Å². The third kappa shape index (κ3) is 7.37. The van der Waals surface area contributed by atoms with Crippen LogP contribution in [0.2, 0.25) is 0 Å². The smallest absolute Gasteiger partial charge is 0.410 e. The molecule has 0 aliphatic carbocycles. The van der Waals surface area contributed by atoms with Crippen LogP contribution in [0.25, 0.3) is 0 Å². The number of morpholine rings is 1. The number of nitrogens with one attached hydrogen (secondary N) is 1. The lowest BCUT2D eigenvalue weighted by Gasteiger charge is -2.30. The molecule has 3 atom stereocenters. The first kappa shape index (κ1) is 22.7. The molecule has 8 heteroatoms. The summed E-state index contributed by atoms with van der Waals surface area (Å²) in [6.07, 6.45) is -0.862. The fraction of sp³-hybridized carbons (Fsp3) is 0.571. The van der Waals surface area contributed by atoms with Gasteiger partial charge in [0, 0.05) is 19.0 Å². The van der Waals surface area contributed by atoms with Crippen LogP contribution in [-0.2, 0) is 25.6 Å². The van der Waals surface area contributed by atoms with E-state index in [0.29, 0.717) is 39.3 Å². The molecular formula is C21H29N3O5. The largest absolute Gasteiger partial charge is 0.436 e. The fourth-order valence-electron chi connectivity index (χ4n) is 2.81. The molecule has 1 aliphatic rings. The Labute approximate surface area is 171 Å². The molecule has 0 aromatic heterocycles. The van der Waals surface area contributed by atoms with E-state index in [-0.39, 0.29) is 12.5 Å². The Hall–Kier alpha value is -2.63. The molecule has 3 unspecified atom stereocenters. The molecule has 1 aromatic rings. The van der Waals surface area contributed by atoms with E-state index >= 15 is 0 Å². The maximum absolute atomic E-state index is 12.7. The first-order chi connectivity index (χ1) is 14.0. The van der Waals surface area contributed by atoms with E-state index in [0.717, 1.165) is 5.56 Å². The van der Waals surface area contributed by atoms with Gasteiger partial charge in [0.2, 0.25) is 0 Å². The Kier molecular flexibility index (Phi) is 9.41. The monoisotopic (exact) mass is 403 g/mol. The summed E-state index contributed by atoms with van der Waals surface area (Å²) in [5.74, 6) is -0.680. The number of hydrogen-bond acceptors (Lipinski definition) is 6. The third-order valence-corrected chi connectivity index (χ3v) is 4.78. The molecule has 1 heterocycles. The van der Waals surface area contributed by atoms with Gasteiger partial charge >= 0.3 is 6.09 Å². The molecule has 158 valence electrons. The zero-order chi connectivity index (χ0) is 21.1. The van der Waals surface area contributed by atoms with E-state index in [1.165, 1.54) is 4.90 Å². The van der Waals surface area contributed by atoms with E-state index in [1.54, 1.807) is 0 Å². The van der Waals surface area contributed by atoms with Gasteiger partial charge < -0.3 is 24.4 Å². The fourth-order valence-corrected chi connectivity index (χ4v) is 2.81. The summed E-state index contributed by atoms with van der Waals surface area (Å²) in [6, 6.07) is 10.8. The Morgan fingerprint density at radius 1 is 1.28 bits per heavy atom. The van der Waals surface area contributed by atoms with Gasteiger partial charge in [-0.2, -0.15) is 5.26 Å². The number of nitriles is 1. The Bertz CT molecular complexity index is 685. The zero-order valence-electron chi connectivity index (χ0n) is 17.0. The van der Waals surface area contributed by atoms with E-state index < -0.39 is 24.1 Å². The molecular weight excluding hydrogens is 374 g/mol. The minimum Gasteiger partial charge on any atom is -0.436 e. The molecule has 0 spiro atoms. The van der Waals surface area contributed by atoms with Crippen molar-refractivity contribution < 1.29 is 23.8 Å². The number of carbonyl (C=O) groups excluding carboxylic acids is 2. The molecule has 1 fully saturated rings. The normalized spacial score (nSPS) is 16.9. The molecule has 0 radical (unpaired) electrons. The maximum atomic E-state index is 12.7. The summed E-state index contributed by atoms with van der Waals surface area (Å²) in [4.78, 5) is 26.6. The van der Waals surface area contributed by atoms with Gasteiger partial charge in [0.25, 0.3) is 5.91 Å². The van der Waals surface area contributed by atoms with Crippen LogP contribution >= 0.6 is 0 Å². The highest BCUT2D eigenvalue weighted by Gasteiger charge is 2.32. The van der Waals surface area contributed by atoms with Crippen molar-refractivity contribution in [3.63, 3.8) is 0 Å². The van der Waals surface area contributed by atoms with Crippen LogP contribution in [0.1, 0.15) is 25.8 Å². The average Bonchev–Trinajstić information content (AvgIpc) is 2.77. The summed E-state index contributed by atoms with van der Waals surface area (Å²) in [7, 11) is 0. The molecule has 1 aliphatic heterocycles. The van der Waals surface area contributed by atoms with Crippen LogP contribution in [-0.4, -0.2) is 62.0 Å². The Morgan fingerprint density at radius 2 is 1.97 bits per heavy atom. The second-order valence-electron chi connectivity index (χ2n) is 6.98. The first-order valence-electron chi connectivity index (χ1n) is 9.90. The van der Waals surface area contributed by atoms with Gasteiger partial charge in [0.1, 0.15) is 6.04 Å². The molecule has 0 bridgehead atoms. The highest BCUT2D eigenvalue weighted by molar-refractivity contribution is 5.84. The van der Waals surface area contributed by atoms with Gasteiger partial charge in [-0.3, -0.25) is 4.79 Å². The van der Waals surface area contributed by atoms with Crippen molar-refractivity contribution in [2.45, 2.75) is 39.0 Å². The SMILES string of the molecule is CCC(C)C(OC(=O)N1CCOCC1)C(=O)NC(C#N)COCc1ccccc1. The molecule has 29 heavy (non-hydrogen) atoms. The second-order valence-corrected chi connectivity index (χ2v) is 6.98. The minimum absolute atomic E-state index is 0.0434. The van der Waals surface area contributed by atoms with Crippen LogP contribution in [0.3, 0.4) is 0 Å². The molecule has 1 aromatic carbocycles. The van der Waals surface area contributed by atoms with Gasteiger partial charge in [-0.25, -0.2) is 4.79 Å². The number of rotatable bonds is 9. The average molecular weight is 403 g/mol. The highest BCUT2D eigenvalue weighted by atomic mass is 16.6. The number of nitrogens with zero attached hydrogens (tertiary/aromatic N) is 2. The summed E-state index contributed by atoms with van der Waals surface area (Å²) in [6.45, 7) is 5.90. The lowest BCUT2D eigenvalue weighted by molar-refractivity contribution is -0.133. The van der Waals surface area contributed by atoms with Crippen molar-refractivity contribution in [1.29, 1.82) is 5.26 Å². The van der Waals surface area contributed by atoms with Gasteiger partial charge in [-0.1, -0.05) is 44.2 Å². The van der Waals surface area contributed by atoms with Crippen molar-refractivity contribution >= 4 is 12.0 Å². The van der Waals surface area contributed by atoms with E-state index in [4.69, 9.17) is 14.2 Å². The summed E-state index contributed by atoms with van der Waals surface area (Å²) >= 11 is 0. The summed E-state index contributed by atoms with van der Waals surface area (Å²) < 4.78 is 16.3. The van der Waals surface area contributed by atoms with Crippen molar-refractivity contribution in [1.82, 2.24) is 10.2 Å². The number of hydrogen-bond donors (Lipinski definition) is 1. The molecule has 0 saturated carbocycles. The van der Waals surface area contributed by atoms with Gasteiger partial charge in [-0.05, 0) is 12.0 Å². The van der Waals surface area contributed by atoms with Gasteiger partial charge in [0.15, 0.2) is 6.10 Å². The predicted molar refractivity (Wildman–Crippen MR) is 106 cm³/mol. The second kappa shape index (κ2) is 12.0. The Morgan fingerprint density at radius 3 is 2.59 bits per heavy atom. The molecule has 2 rings (SSSR count). The third-order valence-electron chi connectivity index (χ3n) is 4.78. The van der Waals surface area contributed by atoms with Crippen molar-refractivity contribution in [2.24, 2.45) is 5.92 Å². The lowest BCUT2D eigenvalue weighted by Crippen LogP contribution is -2.49. The van der Waals surface area contributed by atoms with Crippen molar-refractivity contribution in [2.75, 3.05) is 32.9 Å². The first-order valence-corrected chi connectivity index (χ1v) is 9.90. The predicted octanol–water partition coefficient (Wildman–Crippen LogP) is 2.10. The van der Waals surface area contributed by atoms with Crippen molar-refractivity contribution in [3.05, 3.63) is 35.9 Å². The lowest BCUT2D eigenvalue weighted by atomic mass is 10.0. The van der Waals surface area contributed by atoms with E-state index in [2.05, 4.69) is 5.32 Å². The van der Waals surface area contributed by atoms with Gasteiger partial charge in [-0.15, -0.1) is 0 Å². The number of carbonyl (C=O) groups is 2. The summed E-state index contributed by atoms with van der Waals surface area (Å²) in [5, 5.41) is 12.0. The molecule has 8 nitrogen and oxygen atoms in total. The maximum Gasteiger partial charge on any atom is 0.410 e.